The highest BCUT2D eigenvalue weighted by Gasteiger charge is 2.54. The van der Waals surface area contributed by atoms with Crippen molar-refractivity contribution in [1.29, 1.82) is 0 Å². The van der Waals surface area contributed by atoms with Gasteiger partial charge in [0.25, 0.3) is 0 Å². The molecule has 2 aliphatic carbocycles. The quantitative estimate of drug-likeness (QED) is 0.751. The number of pyridine rings is 1. The number of methoxy groups -OCH3 is 1. The summed E-state index contributed by atoms with van der Waals surface area (Å²) in [5.41, 5.74) is 0.712. The van der Waals surface area contributed by atoms with Crippen molar-refractivity contribution in [3.05, 3.63) is 24.0 Å². The number of carbonyl (C=O) groups excluding carboxylic acids is 1. The van der Waals surface area contributed by atoms with Gasteiger partial charge in [-0.1, -0.05) is 12.8 Å². The second-order valence-corrected chi connectivity index (χ2v) is 5.12. The average molecular weight is 231 g/mol. The number of fused-ring (bicyclic) bond motifs is 1. The molecule has 1 heterocycles. The minimum atomic E-state index is 0.270. The molecular weight excluding hydrogens is 214 g/mol. The molecule has 2 fully saturated rings. The van der Waals surface area contributed by atoms with Gasteiger partial charge in [-0.15, -0.1) is 0 Å². The fourth-order valence-corrected chi connectivity index (χ4v) is 3.24. The predicted octanol–water partition coefficient (Wildman–Crippen LogP) is 2.71. The monoisotopic (exact) mass is 231 g/mol. The molecule has 2 saturated carbocycles. The van der Waals surface area contributed by atoms with Crippen LogP contribution in [0.15, 0.2) is 18.5 Å². The van der Waals surface area contributed by atoms with E-state index in [-0.39, 0.29) is 11.7 Å². The first-order valence-electron chi connectivity index (χ1n) is 6.34. The van der Waals surface area contributed by atoms with Crippen LogP contribution in [0.5, 0.6) is 5.75 Å². The van der Waals surface area contributed by atoms with E-state index in [2.05, 4.69) is 4.98 Å². The third-order valence-electron chi connectivity index (χ3n) is 4.19. The second-order valence-electron chi connectivity index (χ2n) is 5.12. The van der Waals surface area contributed by atoms with E-state index in [1.54, 1.807) is 25.6 Å². The van der Waals surface area contributed by atoms with Gasteiger partial charge in [0.1, 0.15) is 5.75 Å². The molecule has 1 aromatic heterocycles. The van der Waals surface area contributed by atoms with Gasteiger partial charge < -0.3 is 4.74 Å². The number of nitrogens with zero attached hydrogens (tertiary/aromatic N) is 1. The number of hydrogen-bond acceptors (Lipinski definition) is 3. The van der Waals surface area contributed by atoms with E-state index in [1.165, 1.54) is 25.7 Å². The fraction of sp³-hybridized carbons (Fsp3) is 0.571. The van der Waals surface area contributed by atoms with E-state index >= 15 is 0 Å². The predicted molar refractivity (Wildman–Crippen MR) is 64.1 cm³/mol. The molecule has 2 unspecified atom stereocenters. The summed E-state index contributed by atoms with van der Waals surface area (Å²) in [5.74, 6) is 2.52. The highest BCUT2D eigenvalue weighted by atomic mass is 16.5. The Balaban J connectivity index is 1.78. The summed E-state index contributed by atoms with van der Waals surface area (Å²) in [6.07, 6.45) is 8.35. The van der Waals surface area contributed by atoms with Gasteiger partial charge in [-0.25, -0.2) is 0 Å². The molecule has 3 rings (SSSR count). The molecule has 3 nitrogen and oxygen atoms in total. The van der Waals surface area contributed by atoms with Crippen molar-refractivity contribution in [2.45, 2.75) is 25.7 Å². The Kier molecular flexibility index (Phi) is 2.61. The third kappa shape index (κ3) is 1.84. The zero-order chi connectivity index (χ0) is 11.8. The van der Waals surface area contributed by atoms with Gasteiger partial charge in [0.05, 0.1) is 13.3 Å². The molecule has 0 saturated heterocycles. The summed E-state index contributed by atoms with van der Waals surface area (Å²) in [6, 6.07) is 1.81. The number of rotatable bonds is 3. The standard InChI is InChI=1S/C14H17NO2/c1-17-10-6-9(7-15-8-10)14(16)13-11-4-2-3-5-12(11)13/h6-8,11-13H,2-5H2,1H3. The summed E-state index contributed by atoms with van der Waals surface area (Å²) in [5, 5.41) is 0. The van der Waals surface area contributed by atoms with Crippen molar-refractivity contribution in [1.82, 2.24) is 4.98 Å². The van der Waals surface area contributed by atoms with E-state index in [4.69, 9.17) is 4.74 Å². The van der Waals surface area contributed by atoms with Crippen molar-refractivity contribution in [3.8, 4) is 5.75 Å². The van der Waals surface area contributed by atoms with Crippen molar-refractivity contribution < 1.29 is 9.53 Å². The fourth-order valence-electron chi connectivity index (χ4n) is 3.24. The van der Waals surface area contributed by atoms with E-state index in [0.717, 1.165) is 0 Å². The van der Waals surface area contributed by atoms with Gasteiger partial charge in [-0.2, -0.15) is 0 Å². The van der Waals surface area contributed by atoms with Crippen molar-refractivity contribution in [2.24, 2.45) is 17.8 Å². The molecule has 0 spiro atoms. The molecule has 0 aromatic carbocycles. The van der Waals surface area contributed by atoms with Gasteiger partial charge in [-0.05, 0) is 30.7 Å². The Hall–Kier alpha value is -1.38. The maximum atomic E-state index is 12.3. The van der Waals surface area contributed by atoms with Gasteiger partial charge in [0.2, 0.25) is 0 Å². The van der Waals surface area contributed by atoms with Crippen LogP contribution in [0.4, 0.5) is 0 Å². The summed E-state index contributed by atoms with van der Waals surface area (Å²) in [4.78, 5) is 16.4. The molecule has 0 N–H and O–H groups in total. The lowest BCUT2D eigenvalue weighted by atomic mass is 10.0. The van der Waals surface area contributed by atoms with Crippen molar-refractivity contribution in [3.63, 3.8) is 0 Å². The van der Waals surface area contributed by atoms with Gasteiger partial charge in [0, 0.05) is 17.7 Å². The van der Waals surface area contributed by atoms with Crippen LogP contribution in [-0.4, -0.2) is 17.9 Å². The van der Waals surface area contributed by atoms with Gasteiger partial charge in [0.15, 0.2) is 5.78 Å². The molecule has 3 heteroatoms. The highest BCUT2D eigenvalue weighted by Crippen LogP contribution is 2.56. The van der Waals surface area contributed by atoms with Crippen molar-refractivity contribution >= 4 is 5.78 Å². The largest absolute Gasteiger partial charge is 0.495 e. The molecule has 1 aromatic rings. The number of ketones is 1. The van der Waals surface area contributed by atoms with E-state index in [0.29, 0.717) is 23.1 Å². The van der Waals surface area contributed by atoms with Crippen LogP contribution in [0.25, 0.3) is 0 Å². The molecule has 17 heavy (non-hydrogen) atoms. The van der Waals surface area contributed by atoms with Crippen LogP contribution in [0.3, 0.4) is 0 Å². The summed E-state index contributed by atoms with van der Waals surface area (Å²) in [7, 11) is 1.60. The average Bonchev–Trinajstić information content (AvgIpc) is 3.12. The Morgan fingerprint density at radius 3 is 2.65 bits per heavy atom. The van der Waals surface area contributed by atoms with Crippen LogP contribution in [0.1, 0.15) is 36.0 Å². The maximum Gasteiger partial charge on any atom is 0.168 e. The molecule has 2 aliphatic rings. The minimum absolute atomic E-state index is 0.270. The summed E-state index contributed by atoms with van der Waals surface area (Å²) >= 11 is 0. The lowest BCUT2D eigenvalue weighted by Crippen LogP contribution is -2.05. The van der Waals surface area contributed by atoms with Crippen LogP contribution in [0.2, 0.25) is 0 Å². The van der Waals surface area contributed by atoms with E-state index in [9.17, 15) is 4.79 Å². The molecule has 0 radical (unpaired) electrons. The minimum Gasteiger partial charge on any atom is -0.495 e. The van der Waals surface area contributed by atoms with E-state index in [1.807, 2.05) is 0 Å². The second kappa shape index (κ2) is 4.13. The van der Waals surface area contributed by atoms with Crippen LogP contribution >= 0.6 is 0 Å². The Bertz CT molecular complexity index is 432. The number of Topliss-reactive ketones (excluding diaryl/α,β-unsaturated/α-hetero) is 1. The Morgan fingerprint density at radius 1 is 1.29 bits per heavy atom. The Morgan fingerprint density at radius 2 is 2.00 bits per heavy atom. The first-order valence-corrected chi connectivity index (χ1v) is 6.34. The first kappa shape index (κ1) is 10.8. The zero-order valence-corrected chi connectivity index (χ0v) is 10.1. The summed E-state index contributed by atoms with van der Waals surface area (Å²) < 4.78 is 5.11. The molecule has 0 aliphatic heterocycles. The van der Waals surface area contributed by atoms with Crippen molar-refractivity contribution in [2.75, 3.05) is 7.11 Å². The van der Waals surface area contributed by atoms with Crippen LogP contribution < -0.4 is 4.74 Å². The molecule has 90 valence electrons. The third-order valence-corrected chi connectivity index (χ3v) is 4.19. The SMILES string of the molecule is COc1cncc(C(=O)C2C3CCCCC32)c1. The molecular formula is C14H17NO2. The molecule has 0 bridgehead atoms. The highest BCUT2D eigenvalue weighted by molar-refractivity contribution is 6.00. The zero-order valence-electron chi connectivity index (χ0n) is 10.1. The topological polar surface area (TPSA) is 39.2 Å². The Labute approximate surface area is 101 Å². The van der Waals surface area contributed by atoms with Crippen LogP contribution in [-0.2, 0) is 0 Å². The van der Waals surface area contributed by atoms with E-state index < -0.39 is 0 Å². The lowest BCUT2D eigenvalue weighted by Gasteiger charge is -2.04. The van der Waals surface area contributed by atoms with Gasteiger partial charge >= 0.3 is 0 Å². The number of hydrogen-bond donors (Lipinski definition) is 0. The molecule has 0 amide bonds. The first-order chi connectivity index (χ1) is 8.31. The summed E-state index contributed by atoms with van der Waals surface area (Å²) in [6.45, 7) is 0. The number of ether oxygens (including phenoxy) is 1. The number of aromatic nitrogens is 1. The molecule has 2 atom stereocenters. The smallest absolute Gasteiger partial charge is 0.168 e. The maximum absolute atomic E-state index is 12.3. The van der Waals surface area contributed by atoms with Gasteiger partial charge in [-0.3, -0.25) is 9.78 Å². The number of carbonyl (C=O) groups is 1. The van der Waals surface area contributed by atoms with Crippen LogP contribution in [0, 0.1) is 17.8 Å². The normalized spacial score (nSPS) is 30.5. The lowest BCUT2D eigenvalue weighted by molar-refractivity contribution is 0.0955.